The minimum Gasteiger partial charge on any atom is -0.347 e. The van der Waals surface area contributed by atoms with Gasteiger partial charge in [0.1, 0.15) is 6.54 Å². The Morgan fingerprint density at radius 1 is 1.41 bits per heavy atom. The molecule has 3 rings (SSSR count). The number of rotatable bonds is 5. The van der Waals surface area contributed by atoms with E-state index in [0.29, 0.717) is 5.92 Å². The number of imide groups is 1. The van der Waals surface area contributed by atoms with Crippen LogP contribution in [0.1, 0.15) is 36.6 Å². The summed E-state index contributed by atoms with van der Waals surface area (Å²) in [5, 5.41) is 7.45. The average molecular weight is 321 g/mol. The molecule has 1 aromatic rings. The SMILES string of the molecule is O=C(CN1C(=O)CNC1=O)N[C@H](c1cccs1)C1CCCC1. The highest BCUT2D eigenvalue weighted by atomic mass is 32.1. The summed E-state index contributed by atoms with van der Waals surface area (Å²) in [6.45, 7) is -0.234. The minimum absolute atomic E-state index is 0.0178. The third-order valence-corrected chi connectivity index (χ3v) is 5.23. The third-order valence-electron chi connectivity index (χ3n) is 4.28. The number of nitrogens with one attached hydrogen (secondary N) is 2. The smallest absolute Gasteiger partial charge is 0.325 e. The van der Waals surface area contributed by atoms with Crippen LogP contribution in [0.15, 0.2) is 17.5 Å². The van der Waals surface area contributed by atoms with E-state index in [-0.39, 0.29) is 30.9 Å². The Labute approximate surface area is 132 Å². The fourth-order valence-corrected chi connectivity index (χ4v) is 4.03. The lowest BCUT2D eigenvalue weighted by molar-refractivity contribution is -0.131. The number of carbonyl (C=O) groups is 3. The lowest BCUT2D eigenvalue weighted by Gasteiger charge is -2.24. The molecule has 2 aliphatic rings. The second-order valence-corrected chi connectivity index (χ2v) is 6.72. The first-order valence-electron chi connectivity index (χ1n) is 7.56. The molecule has 1 aromatic heterocycles. The maximum absolute atomic E-state index is 12.3. The molecule has 1 atom stereocenters. The summed E-state index contributed by atoms with van der Waals surface area (Å²) in [6, 6.07) is 3.50. The van der Waals surface area contributed by atoms with Crippen molar-refractivity contribution in [3.63, 3.8) is 0 Å². The molecule has 118 valence electrons. The van der Waals surface area contributed by atoms with E-state index < -0.39 is 6.03 Å². The van der Waals surface area contributed by atoms with Crippen LogP contribution in [0.4, 0.5) is 4.79 Å². The van der Waals surface area contributed by atoms with Crippen molar-refractivity contribution in [1.82, 2.24) is 15.5 Å². The fraction of sp³-hybridized carbons (Fsp3) is 0.533. The molecule has 1 saturated heterocycles. The van der Waals surface area contributed by atoms with Gasteiger partial charge >= 0.3 is 6.03 Å². The lowest BCUT2D eigenvalue weighted by Crippen LogP contribution is -2.43. The van der Waals surface area contributed by atoms with Crippen LogP contribution in [-0.4, -0.2) is 35.8 Å². The third kappa shape index (κ3) is 3.14. The van der Waals surface area contributed by atoms with Gasteiger partial charge in [0.05, 0.1) is 12.6 Å². The molecule has 1 aliphatic carbocycles. The van der Waals surface area contributed by atoms with Gasteiger partial charge in [0.2, 0.25) is 5.91 Å². The highest BCUT2D eigenvalue weighted by Crippen LogP contribution is 2.37. The molecule has 1 saturated carbocycles. The monoisotopic (exact) mass is 321 g/mol. The molecule has 0 radical (unpaired) electrons. The molecule has 0 aromatic carbocycles. The standard InChI is InChI=1S/C15H19N3O3S/c19-12(9-18-13(20)8-16-15(18)21)17-14(10-4-1-2-5-10)11-6-3-7-22-11/h3,6-7,10,14H,1-2,4-5,8-9H2,(H,16,21)(H,17,19)/t14-/m0/s1. The summed E-state index contributed by atoms with van der Waals surface area (Å²) >= 11 is 1.63. The number of nitrogens with zero attached hydrogens (tertiary/aromatic N) is 1. The van der Waals surface area contributed by atoms with Crippen molar-refractivity contribution >= 4 is 29.2 Å². The molecule has 0 bridgehead atoms. The Morgan fingerprint density at radius 3 is 2.77 bits per heavy atom. The van der Waals surface area contributed by atoms with Crippen LogP contribution in [0.2, 0.25) is 0 Å². The average Bonchev–Trinajstić information content (AvgIpc) is 3.23. The molecular weight excluding hydrogens is 302 g/mol. The van der Waals surface area contributed by atoms with Gasteiger partial charge in [-0.25, -0.2) is 4.79 Å². The Morgan fingerprint density at radius 2 is 2.18 bits per heavy atom. The number of urea groups is 1. The van der Waals surface area contributed by atoms with Crippen LogP contribution in [0.25, 0.3) is 0 Å². The maximum Gasteiger partial charge on any atom is 0.325 e. The van der Waals surface area contributed by atoms with Gasteiger partial charge in [-0.15, -0.1) is 11.3 Å². The van der Waals surface area contributed by atoms with E-state index in [4.69, 9.17) is 0 Å². The van der Waals surface area contributed by atoms with E-state index in [9.17, 15) is 14.4 Å². The summed E-state index contributed by atoms with van der Waals surface area (Å²) in [5.41, 5.74) is 0. The number of carbonyl (C=O) groups excluding carboxylic acids is 3. The molecule has 2 fully saturated rings. The minimum atomic E-state index is -0.492. The van der Waals surface area contributed by atoms with Crippen LogP contribution in [-0.2, 0) is 9.59 Å². The second-order valence-electron chi connectivity index (χ2n) is 5.74. The molecule has 4 amide bonds. The van der Waals surface area contributed by atoms with Crippen LogP contribution in [0, 0.1) is 5.92 Å². The van der Waals surface area contributed by atoms with E-state index in [2.05, 4.69) is 10.6 Å². The van der Waals surface area contributed by atoms with Crippen molar-refractivity contribution in [2.24, 2.45) is 5.92 Å². The number of hydrogen-bond donors (Lipinski definition) is 2. The first-order valence-corrected chi connectivity index (χ1v) is 8.44. The van der Waals surface area contributed by atoms with Crippen molar-refractivity contribution in [2.45, 2.75) is 31.7 Å². The molecule has 7 heteroatoms. The van der Waals surface area contributed by atoms with Crippen molar-refractivity contribution in [2.75, 3.05) is 13.1 Å². The summed E-state index contributed by atoms with van der Waals surface area (Å²) in [5.74, 6) is -0.199. The van der Waals surface area contributed by atoms with Crippen molar-refractivity contribution < 1.29 is 14.4 Å². The number of amides is 4. The van der Waals surface area contributed by atoms with Crippen LogP contribution >= 0.6 is 11.3 Å². The Hall–Kier alpha value is -1.89. The highest BCUT2D eigenvalue weighted by Gasteiger charge is 2.33. The molecule has 2 heterocycles. The van der Waals surface area contributed by atoms with Gasteiger partial charge in [-0.3, -0.25) is 14.5 Å². The molecule has 0 spiro atoms. The molecule has 0 unspecified atom stereocenters. The van der Waals surface area contributed by atoms with Crippen LogP contribution in [0.5, 0.6) is 0 Å². The van der Waals surface area contributed by atoms with Gasteiger partial charge in [0, 0.05) is 4.88 Å². The van der Waals surface area contributed by atoms with E-state index in [1.54, 1.807) is 11.3 Å². The van der Waals surface area contributed by atoms with Crippen molar-refractivity contribution in [3.05, 3.63) is 22.4 Å². The largest absolute Gasteiger partial charge is 0.347 e. The van der Waals surface area contributed by atoms with E-state index >= 15 is 0 Å². The van der Waals surface area contributed by atoms with E-state index in [1.165, 1.54) is 12.8 Å². The summed E-state index contributed by atoms with van der Waals surface area (Å²) in [6.07, 6.45) is 4.59. The van der Waals surface area contributed by atoms with Gasteiger partial charge in [-0.2, -0.15) is 0 Å². The molecular formula is C15H19N3O3S. The lowest BCUT2D eigenvalue weighted by atomic mass is 9.96. The second kappa shape index (κ2) is 6.48. The molecule has 1 aliphatic heterocycles. The number of thiophene rings is 1. The zero-order valence-corrected chi connectivity index (χ0v) is 13.0. The first-order chi connectivity index (χ1) is 10.6. The quantitative estimate of drug-likeness (QED) is 0.809. The maximum atomic E-state index is 12.3. The predicted octanol–water partition coefficient (Wildman–Crippen LogP) is 1.65. The summed E-state index contributed by atoms with van der Waals surface area (Å²) in [7, 11) is 0. The van der Waals surface area contributed by atoms with Crippen LogP contribution in [0.3, 0.4) is 0 Å². The van der Waals surface area contributed by atoms with Crippen molar-refractivity contribution in [1.29, 1.82) is 0 Å². The normalized spacial score (nSPS) is 20.3. The Bertz CT molecular complexity index is 551. The zero-order chi connectivity index (χ0) is 15.5. The van der Waals surface area contributed by atoms with E-state index in [1.807, 2.05) is 17.5 Å². The Kier molecular flexibility index (Phi) is 4.42. The topological polar surface area (TPSA) is 78.5 Å². The number of hydrogen-bond acceptors (Lipinski definition) is 4. The van der Waals surface area contributed by atoms with Crippen LogP contribution < -0.4 is 10.6 Å². The van der Waals surface area contributed by atoms with Gasteiger partial charge in [0.15, 0.2) is 0 Å². The highest BCUT2D eigenvalue weighted by molar-refractivity contribution is 7.10. The van der Waals surface area contributed by atoms with Gasteiger partial charge in [-0.1, -0.05) is 18.9 Å². The Balaban J connectivity index is 1.66. The predicted molar refractivity (Wildman–Crippen MR) is 82.3 cm³/mol. The van der Waals surface area contributed by atoms with Gasteiger partial charge in [0.25, 0.3) is 5.91 Å². The molecule has 2 N–H and O–H groups in total. The molecule has 6 nitrogen and oxygen atoms in total. The van der Waals surface area contributed by atoms with Crippen molar-refractivity contribution in [3.8, 4) is 0 Å². The summed E-state index contributed by atoms with van der Waals surface area (Å²) < 4.78 is 0. The summed E-state index contributed by atoms with van der Waals surface area (Å²) in [4.78, 5) is 37.4. The molecule has 22 heavy (non-hydrogen) atoms. The zero-order valence-electron chi connectivity index (χ0n) is 12.2. The van der Waals surface area contributed by atoms with Gasteiger partial charge < -0.3 is 10.6 Å². The first kappa shape index (κ1) is 15.0. The van der Waals surface area contributed by atoms with Gasteiger partial charge in [-0.05, 0) is 30.2 Å². The fourth-order valence-electron chi connectivity index (χ4n) is 3.16. The van der Waals surface area contributed by atoms with E-state index in [0.717, 1.165) is 22.6 Å².